The topological polar surface area (TPSA) is 106 Å². The number of rotatable bonds is 11. The molecule has 0 aromatic heterocycles. The van der Waals surface area contributed by atoms with Crippen LogP contribution in [0.2, 0.25) is 0 Å². The first-order valence-corrected chi connectivity index (χ1v) is 11.1. The fraction of sp³-hybridized carbons (Fsp3) is 0.440. The number of carboxylic acids is 1. The van der Waals surface area contributed by atoms with E-state index in [1.807, 2.05) is 43.3 Å². The van der Waals surface area contributed by atoms with Crippen LogP contribution in [0.1, 0.15) is 30.9 Å². The monoisotopic (exact) mass is 456 g/mol. The molecule has 1 saturated heterocycles. The molecule has 8 nitrogen and oxygen atoms in total. The summed E-state index contributed by atoms with van der Waals surface area (Å²) in [5, 5.41) is 15.4. The van der Waals surface area contributed by atoms with E-state index in [0.29, 0.717) is 24.7 Å². The number of nitrogens with one attached hydrogen (secondary N) is 2. The summed E-state index contributed by atoms with van der Waals surface area (Å²) in [7, 11) is 3.22. The minimum Gasteiger partial charge on any atom is -0.496 e. The number of benzene rings is 2. The number of aliphatic carboxylic acids is 1. The van der Waals surface area contributed by atoms with Crippen LogP contribution < -0.4 is 20.1 Å². The lowest BCUT2D eigenvalue weighted by Crippen LogP contribution is -2.49. The minimum absolute atomic E-state index is 0.190. The third-order valence-corrected chi connectivity index (χ3v) is 5.71. The summed E-state index contributed by atoms with van der Waals surface area (Å²) in [6.07, 6.45) is 1.83. The van der Waals surface area contributed by atoms with Crippen molar-refractivity contribution in [3.05, 3.63) is 47.5 Å². The number of ether oxygens (including phenoxy) is 3. The molecule has 1 aliphatic rings. The first kappa shape index (κ1) is 24.5. The Labute approximate surface area is 194 Å². The van der Waals surface area contributed by atoms with Gasteiger partial charge in [0, 0.05) is 13.0 Å². The molecule has 1 amide bonds. The maximum Gasteiger partial charge on any atom is 0.326 e. The Balaban J connectivity index is 1.78. The van der Waals surface area contributed by atoms with E-state index in [-0.39, 0.29) is 18.4 Å². The number of carbonyl (C=O) groups excluding carboxylic acids is 1. The van der Waals surface area contributed by atoms with Gasteiger partial charge in [-0.1, -0.05) is 24.3 Å². The van der Waals surface area contributed by atoms with Crippen LogP contribution in [-0.4, -0.2) is 56.4 Å². The van der Waals surface area contributed by atoms with Crippen molar-refractivity contribution in [3.63, 3.8) is 0 Å². The Hall–Kier alpha value is -3.10. The SMILES string of the molecule is CCOCc1cc(OC)c(-c2ccc(CC(NC(=O)C3CCCN3)C(=O)O)cc2)c(OC)c1. The molecule has 1 fully saturated rings. The van der Waals surface area contributed by atoms with E-state index in [4.69, 9.17) is 14.2 Å². The zero-order valence-corrected chi connectivity index (χ0v) is 19.3. The van der Waals surface area contributed by atoms with Crippen molar-refractivity contribution in [2.75, 3.05) is 27.4 Å². The van der Waals surface area contributed by atoms with Crippen molar-refractivity contribution in [2.45, 2.75) is 44.9 Å². The van der Waals surface area contributed by atoms with Crippen LogP contribution in [0.5, 0.6) is 11.5 Å². The molecule has 0 aliphatic carbocycles. The van der Waals surface area contributed by atoms with Gasteiger partial charge in [-0.3, -0.25) is 4.79 Å². The smallest absolute Gasteiger partial charge is 0.326 e. The van der Waals surface area contributed by atoms with Crippen LogP contribution in [0, 0.1) is 0 Å². The fourth-order valence-corrected chi connectivity index (χ4v) is 3.98. The lowest BCUT2D eigenvalue weighted by atomic mass is 9.98. The molecule has 178 valence electrons. The Morgan fingerprint density at radius 1 is 1.12 bits per heavy atom. The van der Waals surface area contributed by atoms with Crippen LogP contribution in [-0.2, 0) is 27.4 Å². The highest BCUT2D eigenvalue weighted by atomic mass is 16.5. The molecule has 0 saturated carbocycles. The van der Waals surface area contributed by atoms with E-state index < -0.39 is 12.0 Å². The van der Waals surface area contributed by atoms with Crippen molar-refractivity contribution in [3.8, 4) is 22.6 Å². The van der Waals surface area contributed by atoms with Gasteiger partial charge in [0.15, 0.2) is 0 Å². The minimum atomic E-state index is -1.06. The van der Waals surface area contributed by atoms with Crippen LogP contribution in [0.15, 0.2) is 36.4 Å². The Morgan fingerprint density at radius 3 is 2.30 bits per heavy atom. The van der Waals surface area contributed by atoms with Crippen molar-refractivity contribution >= 4 is 11.9 Å². The van der Waals surface area contributed by atoms with Gasteiger partial charge in [-0.15, -0.1) is 0 Å². The second kappa shape index (κ2) is 11.7. The Kier molecular flexibility index (Phi) is 8.68. The molecular weight excluding hydrogens is 424 g/mol. The van der Waals surface area contributed by atoms with Gasteiger partial charge in [0.1, 0.15) is 17.5 Å². The highest BCUT2D eigenvalue weighted by Gasteiger charge is 2.27. The van der Waals surface area contributed by atoms with Crippen LogP contribution >= 0.6 is 0 Å². The van der Waals surface area contributed by atoms with E-state index in [2.05, 4.69) is 10.6 Å². The van der Waals surface area contributed by atoms with E-state index in [1.165, 1.54) is 0 Å². The number of carboxylic acid groups (broad SMARTS) is 1. The second-order valence-electron chi connectivity index (χ2n) is 7.96. The largest absolute Gasteiger partial charge is 0.496 e. The molecule has 2 aromatic carbocycles. The third-order valence-electron chi connectivity index (χ3n) is 5.71. The fourth-order valence-electron chi connectivity index (χ4n) is 3.98. The van der Waals surface area contributed by atoms with Gasteiger partial charge in [0.25, 0.3) is 0 Å². The van der Waals surface area contributed by atoms with Gasteiger partial charge >= 0.3 is 5.97 Å². The number of carbonyl (C=O) groups is 2. The van der Waals surface area contributed by atoms with Crippen LogP contribution in [0.25, 0.3) is 11.1 Å². The van der Waals surface area contributed by atoms with Gasteiger partial charge in [-0.05, 0) is 55.1 Å². The van der Waals surface area contributed by atoms with Gasteiger partial charge < -0.3 is 30.0 Å². The zero-order chi connectivity index (χ0) is 23.8. The molecule has 2 aromatic rings. The summed E-state index contributed by atoms with van der Waals surface area (Å²) in [6, 6.07) is 10.1. The molecule has 1 aliphatic heterocycles. The van der Waals surface area contributed by atoms with Gasteiger partial charge in [-0.2, -0.15) is 0 Å². The molecule has 2 atom stereocenters. The molecule has 1 heterocycles. The van der Waals surface area contributed by atoms with E-state index in [9.17, 15) is 14.7 Å². The summed E-state index contributed by atoms with van der Waals surface area (Å²) in [5.41, 5.74) is 3.43. The van der Waals surface area contributed by atoms with E-state index >= 15 is 0 Å². The van der Waals surface area contributed by atoms with Crippen LogP contribution in [0.3, 0.4) is 0 Å². The number of hydrogen-bond acceptors (Lipinski definition) is 6. The average molecular weight is 457 g/mol. The molecule has 8 heteroatoms. The maximum absolute atomic E-state index is 12.4. The standard InChI is InChI=1S/C25H32N2O6/c1-4-33-15-17-13-21(31-2)23(22(14-17)32-3)18-9-7-16(8-10-18)12-20(25(29)30)27-24(28)19-6-5-11-26-19/h7-10,13-14,19-20,26H,4-6,11-12,15H2,1-3H3,(H,27,28)(H,29,30). The zero-order valence-electron chi connectivity index (χ0n) is 19.3. The Morgan fingerprint density at radius 2 is 1.79 bits per heavy atom. The highest BCUT2D eigenvalue weighted by Crippen LogP contribution is 2.40. The van der Waals surface area contributed by atoms with Gasteiger partial charge in [0.05, 0.1) is 32.4 Å². The Bertz CT molecular complexity index is 929. The van der Waals surface area contributed by atoms with Crippen molar-refractivity contribution < 1.29 is 28.9 Å². The predicted octanol–water partition coefficient (Wildman–Crippen LogP) is 2.77. The first-order chi connectivity index (χ1) is 16.0. The molecule has 3 N–H and O–H groups in total. The summed E-state index contributed by atoms with van der Waals surface area (Å²) in [5.74, 6) is 0.00451. The molecule has 3 rings (SSSR count). The number of methoxy groups -OCH3 is 2. The highest BCUT2D eigenvalue weighted by molar-refractivity contribution is 5.87. The molecule has 2 unspecified atom stereocenters. The normalized spacial score (nSPS) is 16.3. The quantitative estimate of drug-likeness (QED) is 0.477. The molecular formula is C25H32N2O6. The van der Waals surface area contributed by atoms with E-state index in [1.54, 1.807) is 14.2 Å². The maximum atomic E-state index is 12.4. The van der Waals surface area contributed by atoms with Crippen LogP contribution in [0.4, 0.5) is 0 Å². The summed E-state index contributed by atoms with van der Waals surface area (Å²) < 4.78 is 16.7. The molecule has 0 bridgehead atoms. The predicted molar refractivity (Wildman–Crippen MR) is 125 cm³/mol. The average Bonchev–Trinajstić information content (AvgIpc) is 3.37. The number of hydrogen-bond donors (Lipinski definition) is 3. The molecule has 0 spiro atoms. The first-order valence-electron chi connectivity index (χ1n) is 11.1. The second-order valence-corrected chi connectivity index (χ2v) is 7.96. The summed E-state index contributed by atoms with van der Waals surface area (Å²) in [6.45, 7) is 3.79. The molecule has 33 heavy (non-hydrogen) atoms. The van der Waals surface area contributed by atoms with Gasteiger partial charge in [0.2, 0.25) is 5.91 Å². The third kappa shape index (κ3) is 6.24. The lowest BCUT2D eigenvalue weighted by molar-refractivity contribution is -0.142. The van der Waals surface area contributed by atoms with Gasteiger partial charge in [-0.25, -0.2) is 4.79 Å². The molecule has 0 radical (unpaired) electrons. The van der Waals surface area contributed by atoms with Crippen molar-refractivity contribution in [1.29, 1.82) is 0 Å². The number of amides is 1. The summed E-state index contributed by atoms with van der Waals surface area (Å²) >= 11 is 0. The van der Waals surface area contributed by atoms with E-state index in [0.717, 1.165) is 41.6 Å². The van der Waals surface area contributed by atoms with Crippen molar-refractivity contribution in [1.82, 2.24) is 10.6 Å². The van der Waals surface area contributed by atoms with Crippen molar-refractivity contribution in [2.24, 2.45) is 0 Å². The lowest BCUT2D eigenvalue weighted by Gasteiger charge is -2.18. The summed E-state index contributed by atoms with van der Waals surface area (Å²) in [4.78, 5) is 24.1.